The first-order valence-electron chi connectivity index (χ1n) is 34.1. The lowest BCUT2D eigenvalue weighted by Crippen LogP contribution is -2.52. The standard InChI is InChI=1S/C44H56OSi.C38H42O/c1-28(26-32-15-14-31-13-12-29-10-9-11-30-16-18-35(32)41(31)40(29)30)37-20-21-38-36-19-17-33-27-34(45-46(7,8)42(2,3)4)22-24-43(33,5)39(36)23-25-44(37,38)6;1-23(21-27-10-9-26-8-7-24-5-4-6-25-11-13-30(27)36(26)35(24)25)32-15-16-33-31-14-12-28-22-29(39)17-19-37(28,2)34(31)18-20-38(32,33)3/h9-18,34,36-39H,1,19-27H2,2-8H3;4-13,29,31-34,39H,1,14-22H2,2-3H3/t34-,36-,37+,38-,39-,43-,44+;29-,31-,32+,33-,34-,37-,38+/m00/s1. The molecule has 85 heavy (non-hydrogen) atoms. The minimum Gasteiger partial charge on any atom is -0.414 e. The van der Waals surface area contributed by atoms with Crippen molar-refractivity contribution in [3.05, 3.63) is 168 Å². The molecule has 3 heteroatoms. The minimum atomic E-state index is -1.75. The summed E-state index contributed by atoms with van der Waals surface area (Å²) in [5.74, 6) is 6.15. The van der Waals surface area contributed by atoms with Crippen molar-refractivity contribution >= 4 is 73.0 Å². The second kappa shape index (κ2) is 20.2. The van der Waals surface area contributed by atoms with E-state index in [0.29, 0.717) is 39.6 Å². The quantitative estimate of drug-likeness (QED) is 0.0933. The van der Waals surface area contributed by atoms with Crippen LogP contribution in [0, 0.1) is 69.0 Å². The highest BCUT2D eigenvalue weighted by Gasteiger charge is 2.61. The monoisotopic (exact) mass is 1140 g/mol. The molecular weight excluding hydrogens is 1040 g/mol. The van der Waals surface area contributed by atoms with E-state index in [1.54, 1.807) is 11.1 Å². The summed E-state index contributed by atoms with van der Waals surface area (Å²) in [5, 5.41) is 27.3. The molecule has 6 fully saturated rings. The second-order valence-corrected chi connectivity index (χ2v) is 37.1. The molecule has 8 aromatic rings. The number of hydrogen-bond donors (Lipinski definition) is 1. The van der Waals surface area contributed by atoms with Crippen LogP contribution in [-0.2, 0) is 17.3 Å². The van der Waals surface area contributed by atoms with Crippen molar-refractivity contribution < 1.29 is 9.53 Å². The lowest BCUT2D eigenvalue weighted by atomic mass is 9.47. The molecule has 1 N–H and O–H groups in total. The maximum absolute atomic E-state index is 10.4. The van der Waals surface area contributed by atoms with E-state index in [4.69, 9.17) is 17.6 Å². The molecule has 442 valence electrons. The fourth-order valence-corrected chi connectivity index (χ4v) is 23.3. The summed E-state index contributed by atoms with van der Waals surface area (Å²) in [5.41, 5.74) is 10.6. The highest BCUT2D eigenvalue weighted by molar-refractivity contribution is 6.74. The Labute approximate surface area is 510 Å². The molecule has 0 amide bonds. The maximum atomic E-state index is 10.4. The zero-order valence-corrected chi connectivity index (χ0v) is 54.3. The van der Waals surface area contributed by atoms with Crippen molar-refractivity contribution in [2.45, 2.75) is 194 Å². The maximum Gasteiger partial charge on any atom is 0.192 e. The van der Waals surface area contributed by atoms with Gasteiger partial charge in [0.15, 0.2) is 8.32 Å². The van der Waals surface area contributed by atoms with Crippen molar-refractivity contribution in [2.24, 2.45) is 69.0 Å². The summed E-state index contributed by atoms with van der Waals surface area (Å²) in [7, 11) is -1.75. The molecule has 8 aliphatic rings. The van der Waals surface area contributed by atoms with Gasteiger partial charge in [0.2, 0.25) is 0 Å². The van der Waals surface area contributed by atoms with E-state index >= 15 is 0 Å². The Morgan fingerprint density at radius 1 is 0.494 bits per heavy atom. The van der Waals surface area contributed by atoms with Gasteiger partial charge in [0.25, 0.3) is 0 Å². The smallest absolute Gasteiger partial charge is 0.192 e. The first-order chi connectivity index (χ1) is 40.7. The van der Waals surface area contributed by atoms with Gasteiger partial charge < -0.3 is 9.53 Å². The summed E-state index contributed by atoms with van der Waals surface area (Å²) in [6.45, 7) is 32.2. The van der Waals surface area contributed by atoms with Gasteiger partial charge in [-0.1, -0.05) is 205 Å². The van der Waals surface area contributed by atoms with Gasteiger partial charge in [-0.15, -0.1) is 0 Å². The largest absolute Gasteiger partial charge is 0.414 e. The van der Waals surface area contributed by atoms with Crippen molar-refractivity contribution in [1.29, 1.82) is 0 Å². The Bertz CT molecular complexity index is 3980. The first kappa shape index (κ1) is 56.4. The van der Waals surface area contributed by atoms with Gasteiger partial charge in [-0.2, -0.15) is 0 Å². The molecular formula is C82H98O2Si. The Kier molecular flexibility index (Phi) is 13.4. The van der Waals surface area contributed by atoms with Crippen LogP contribution < -0.4 is 0 Å². The van der Waals surface area contributed by atoms with Crippen molar-refractivity contribution in [2.75, 3.05) is 0 Å². The van der Waals surface area contributed by atoms with E-state index in [1.165, 1.54) is 177 Å². The third-order valence-corrected chi connectivity index (χ3v) is 32.0. The molecule has 8 aromatic carbocycles. The van der Waals surface area contributed by atoms with Gasteiger partial charge in [0.05, 0.1) is 6.10 Å². The van der Waals surface area contributed by atoms with Crippen molar-refractivity contribution in [1.82, 2.24) is 0 Å². The van der Waals surface area contributed by atoms with E-state index in [2.05, 4.69) is 183 Å². The summed E-state index contributed by atoms with van der Waals surface area (Å²) < 4.78 is 7.00. The molecule has 6 saturated carbocycles. The normalized spacial score (nSPS) is 34.5. The number of aliphatic hydroxyl groups is 1. The molecule has 0 saturated heterocycles. The van der Waals surface area contributed by atoms with Crippen molar-refractivity contribution in [3.8, 4) is 0 Å². The molecule has 0 heterocycles. The van der Waals surface area contributed by atoms with E-state index in [1.807, 2.05) is 0 Å². The van der Waals surface area contributed by atoms with Crippen LogP contribution in [-0.4, -0.2) is 25.6 Å². The van der Waals surface area contributed by atoms with Crippen LogP contribution in [0.25, 0.3) is 64.6 Å². The molecule has 0 spiro atoms. The molecule has 0 aromatic heterocycles. The number of aliphatic hydroxyl groups excluding tert-OH is 1. The van der Waals surface area contributed by atoms with Gasteiger partial charge in [-0.05, 0) is 278 Å². The SMILES string of the molecule is C=C(Cc1ccc2ccc3cccc4ccc1c2c34)[C@H]1CC[C@H]2[C@@H]3CC=C4C[C@@H](O)CC[C@]4(C)[C@H]3CC[C@]12C.C=C(Cc1ccc2ccc3cccc4ccc1c2c34)[C@H]1CC[C@H]2[C@@H]3CC=C4C[C@@H](O[Si](C)(C)C(C)(C)C)CC[C@]4(C)[C@H]3CC[C@]12C. The highest BCUT2D eigenvalue weighted by atomic mass is 28.4. The van der Waals surface area contributed by atoms with Gasteiger partial charge in [-0.3, -0.25) is 0 Å². The molecule has 8 aliphatic carbocycles. The molecule has 0 aliphatic heterocycles. The van der Waals surface area contributed by atoms with Crippen molar-refractivity contribution in [3.63, 3.8) is 0 Å². The van der Waals surface area contributed by atoms with E-state index in [0.717, 1.165) is 61.2 Å². The average Bonchev–Trinajstić information content (AvgIpc) is 1.87. The number of rotatable bonds is 8. The predicted octanol–water partition coefficient (Wildman–Crippen LogP) is 22.3. The minimum absolute atomic E-state index is 0.117. The van der Waals surface area contributed by atoms with Crippen LogP contribution in [0.3, 0.4) is 0 Å². The van der Waals surface area contributed by atoms with Gasteiger partial charge >= 0.3 is 0 Å². The van der Waals surface area contributed by atoms with Crippen LogP contribution in [0.15, 0.2) is 157 Å². The highest BCUT2D eigenvalue weighted by Crippen LogP contribution is 2.69. The van der Waals surface area contributed by atoms with Crippen LogP contribution >= 0.6 is 0 Å². The average molecular weight is 1140 g/mol. The number of fused-ring (bicyclic) bond motifs is 10. The number of hydrogen-bond acceptors (Lipinski definition) is 2. The zero-order valence-electron chi connectivity index (χ0n) is 53.3. The van der Waals surface area contributed by atoms with Gasteiger partial charge in [-0.25, -0.2) is 0 Å². The molecule has 0 unspecified atom stereocenters. The summed E-state index contributed by atoms with van der Waals surface area (Å²) in [4.78, 5) is 0. The van der Waals surface area contributed by atoms with Gasteiger partial charge in [0, 0.05) is 6.10 Å². The Hall–Kier alpha value is -5.06. The lowest BCUT2D eigenvalue weighted by molar-refractivity contribution is -0.0455. The molecule has 0 bridgehead atoms. The topological polar surface area (TPSA) is 29.5 Å². The third-order valence-electron chi connectivity index (χ3n) is 27.5. The Balaban J connectivity index is 0.000000146. The number of allylic oxidation sites excluding steroid dienone is 4. The summed E-state index contributed by atoms with van der Waals surface area (Å²) >= 11 is 0. The third kappa shape index (κ3) is 8.76. The fourth-order valence-electron chi connectivity index (χ4n) is 21.9. The first-order valence-corrected chi connectivity index (χ1v) is 37.0. The molecule has 2 nitrogen and oxygen atoms in total. The Morgan fingerprint density at radius 3 is 1.36 bits per heavy atom. The van der Waals surface area contributed by atoms with Crippen LogP contribution in [0.1, 0.15) is 162 Å². The van der Waals surface area contributed by atoms with E-state index in [-0.39, 0.29) is 11.1 Å². The van der Waals surface area contributed by atoms with Crippen LogP contribution in [0.4, 0.5) is 0 Å². The van der Waals surface area contributed by atoms with Gasteiger partial charge in [0.1, 0.15) is 0 Å². The Morgan fingerprint density at radius 2 is 0.906 bits per heavy atom. The zero-order chi connectivity index (χ0) is 58.7. The number of benzene rings is 8. The fraction of sp³-hybridized carbons (Fsp3) is 0.512. The molecule has 16 rings (SSSR count). The molecule has 0 radical (unpaired) electrons. The summed E-state index contributed by atoms with van der Waals surface area (Å²) in [6, 6.07) is 41.5. The second-order valence-electron chi connectivity index (χ2n) is 32.3. The van der Waals surface area contributed by atoms with Crippen LogP contribution in [0.2, 0.25) is 18.1 Å². The van der Waals surface area contributed by atoms with E-state index in [9.17, 15) is 5.11 Å². The van der Waals surface area contributed by atoms with Crippen LogP contribution in [0.5, 0.6) is 0 Å². The predicted molar refractivity (Wildman–Crippen MR) is 364 cm³/mol. The molecule has 14 atom stereocenters. The van der Waals surface area contributed by atoms with E-state index < -0.39 is 8.32 Å². The summed E-state index contributed by atoms with van der Waals surface area (Å²) in [6.07, 6.45) is 27.8. The lowest BCUT2D eigenvalue weighted by Gasteiger charge is -2.58.